The zero-order valence-electron chi connectivity index (χ0n) is 10.5. The van der Waals surface area contributed by atoms with Crippen LogP contribution in [0.1, 0.15) is 40.5 Å². The van der Waals surface area contributed by atoms with Crippen LogP contribution >= 0.6 is 0 Å². The second-order valence-electron chi connectivity index (χ2n) is 5.65. The first kappa shape index (κ1) is 13.5. The molecule has 0 saturated heterocycles. The molecule has 1 unspecified atom stereocenters. The summed E-state index contributed by atoms with van der Waals surface area (Å²) in [6.07, 6.45) is 1.42. The Morgan fingerprint density at radius 2 is 1.94 bits per heavy atom. The highest BCUT2D eigenvalue weighted by Gasteiger charge is 2.44. The van der Waals surface area contributed by atoms with Gasteiger partial charge in [-0.05, 0) is 31.8 Å². The van der Waals surface area contributed by atoms with Crippen LogP contribution in [0.25, 0.3) is 0 Å². The van der Waals surface area contributed by atoms with E-state index in [0.29, 0.717) is 12.8 Å². The van der Waals surface area contributed by atoms with Gasteiger partial charge in [0.1, 0.15) is 0 Å². The summed E-state index contributed by atoms with van der Waals surface area (Å²) in [6.45, 7) is 7.28. The van der Waals surface area contributed by atoms with Crippen LogP contribution in [-0.2, 0) is 0 Å². The fourth-order valence-corrected chi connectivity index (χ4v) is 2.61. The van der Waals surface area contributed by atoms with Crippen LogP contribution < -0.4 is 0 Å². The molecule has 92 valence electrons. The maximum absolute atomic E-state index is 10.3. The van der Waals surface area contributed by atoms with Gasteiger partial charge in [-0.1, -0.05) is 13.8 Å². The maximum Gasteiger partial charge on any atom is 0.0931 e. The summed E-state index contributed by atoms with van der Waals surface area (Å²) in [6, 6.07) is 0. The molecule has 0 aliphatic heterocycles. The van der Waals surface area contributed by atoms with Crippen molar-refractivity contribution in [2.75, 3.05) is 0 Å². The van der Waals surface area contributed by atoms with E-state index in [0.717, 1.165) is 5.57 Å². The Hall–Kier alpha value is -0.600. The number of rotatable bonds is 1. The molecule has 1 aliphatic rings. The Morgan fingerprint density at radius 3 is 2.38 bits per heavy atom. The third-order valence-electron chi connectivity index (χ3n) is 3.06. The Labute approximate surface area is 97.1 Å². The van der Waals surface area contributed by atoms with Gasteiger partial charge in [0.2, 0.25) is 0 Å². The quantitative estimate of drug-likeness (QED) is 0.592. The summed E-state index contributed by atoms with van der Waals surface area (Å²) in [7, 11) is 0. The lowest BCUT2D eigenvalue weighted by Crippen LogP contribution is -2.45. The van der Waals surface area contributed by atoms with E-state index >= 15 is 0 Å². The van der Waals surface area contributed by atoms with E-state index in [2.05, 4.69) is 5.73 Å². The Bertz CT molecular complexity index is 300. The summed E-state index contributed by atoms with van der Waals surface area (Å²) in [5.74, 6) is 0. The molecule has 3 nitrogen and oxygen atoms in total. The molecule has 3 heteroatoms. The molecular formula is C13H22O3. The van der Waals surface area contributed by atoms with Crippen LogP contribution in [0.5, 0.6) is 0 Å². The molecule has 0 aromatic rings. The summed E-state index contributed by atoms with van der Waals surface area (Å²) < 4.78 is 0. The first-order chi connectivity index (χ1) is 7.15. The van der Waals surface area contributed by atoms with Gasteiger partial charge in [-0.15, -0.1) is 5.73 Å². The minimum atomic E-state index is -1.05. The molecule has 1 rings (SSSR count). The van der Waals surface area contributed by atoms with Crippen LogP contribution in [0.15, 0.2) is 17.4 Å². The van der Waals surface area contributed by atoms with Gasteiger partial charge in [0, 0.05) is 12.0 Å². The highest BCUT2D eigenvalue weighted by atomic mass is 16.3. The summed E-state index contributed by atoms with van der Waals surface area (Å²) in [5.41, 5.74) is 2.41. The molecule has 0 radical (unpaired) electrons. The summed E-state index contributed by atoms with van der Waals surface area (Å²) in [4.78, 5) is 0. The van der Waals surface area contributed by atoms with Gasteiger partial charge in [-0.2, -0.15) is 0 Å². The van der Waals surface area contributed by atoms with Crippen molar-refractivity contribution in [3.63, 3.8) is 0 Å². The monoisotopic (exact) mass is 226 g/mol. The number of aliphatic hydroxyl groups is 3. The molecule has 3 atom stereocenters. The van der Waals surface area contributed by atoms with Crippen molar-refractivity contribution < 1.29 is 15.3 Å². The fourth-order valence-electron chi connectivity index (χ4n) is 2.61. The van der Waals surface area contributed by atoms with Gasteiger partial charge in [0.05, 0.1) is 17.8 Å². The van der Waals surface area contributed by atoms with E-state index in [9.17, 15) is 15.3 Å². The molecule has 0 aromatic heterocycles. The lowest BCUT2D eigenvalue weighted by atomic mass is 9.65. The molecule has 0 aromatic carbocycles. The van der Waals surface area contributed by atoms with E-state index in [-0.39, 0.29) is 5.41 Å². The van der Waals surface area contributed by atoms with Gasteiger partial charge in [0.15, 0.2) is 0 Å². The zero-order valence-corrected chi connectivity index (χ0v) is 10.5. The predicted molar refractivity (Wildman–Crippen MR) is 62.9 cm³/mol. The highest BCUT2D eigenvalue weighted by molar-refractivity contribution is 5.26. The van der Waals surface area contributed by atoms with E-state index in [4.69, 9.17) is 0 Å². The molecule has 1 fully saturated rings. The number of aliphatic hydroxyl groups excluding tert-OH is 2. The van der Waals surface area contributed by atoms with Crippen molar-refractivity contribution >= 4 is 0 Å². The van der Waals surface area contributed by atoms with Crippen LogP contribution in [0, 0.1) is 5.41 Å². The third kappa shape index (κ3) is 2.96. The van der Waals surface area contributed by atoms with Crippen LogP contribution in [0.2, 0.25) is 0 Å². The molecule has 1 aliphatic carbocycles. The van der Waals surface area contributed by atoms with Crippen molar-refractivity contribution in [1.29, 1.82) is 0 Å². The second kappa shape index (κ2) is 4.34. The maximum atomic E-state index is 10.3. The van der Waals surface area contributed by atoms with Gasteiger partial charge >= 0.3 is 0 Å². The van der Waals surface area contributed by atoms with Gasteiger partial charge in [-0.3, -0.25) is 0 Å². The average molecular weight is 226 g/mol. The Morgan fingerprint density at radius 1 is 1.38 bits per heavy atom. The number of hydrogen-bond donors (Lipinski definition) is 3. The van der Waals surface area contributed by atoms with Crippen molar-refractivity contribution in [3.8, 4) is 0 Å². The normalized spacial score (nSPS) is 35.4. The van der Waals surface area contributed by atoms with Gasteiger partial charge in [-0.25, -0.2) is 0 Å². The topological polar surface area (TPSA) is 60.7 Å². The first-order valence-corrected chi connectivity index (χ1v) is 5.71. The Balaban J connectivity index is 3.17. The van der Waals surface area contributed by atoms with Crippen molar-refractivity contribution in [1.82, 2.24) is 0 Å². The van der Waals surface area contributed by atoms with Crippen LogP contribution in [0.3, 0.4) is 0 Å². The smallest absolute Gasteiger partial charge is 0.0931 e. The van der Waals surface area contributed by atoms with Crippen LogP contribution in [-0.4, -0.2) is 33.1 Å². The predicted octanol–water partition coefficient (Wildman–Crippen LogP) is 1.38. The van der Waals surface area contributed by atoms with Crippen molar-refractivity contribution in [3.05, 3.63) is 17.4 Å². The van der Waals surface area contributed by atoms with Gasteiger partial charge in [0.25, 0.3) is 0 Å². The van der Waals surface area contributed by atoms with E-state index in [1.807, 2.05) is 13.8 Å². The zero-order chi connectivity index (χ0) is 12.6. The lowest BCUT2D eigenvalue weighted by Gasteiger charge is -2.43. The van der Waals surface area contributed by atoms with E-state index < -0.39 is 17.8 Å². The minimum absolute atomic E-state index is 0.299. The lowest BCUT2D eigenvalue weighted by molar-refractivity contribution is -0.0268. The van der Waals surface area contributed by atoms with Gasteiger partial charge < -0.3 is 15.3 Å². The van der Waals surface area contributed by atoms with Crippen molar-refractivity contribution in [2.24, 2.45) is 5.41 Å². The SMILES string of the molecule is CC(O)C=C=C1C(C)(C)C[C@H](O)C[C@@]1(C)O. The minimum Gasteiger partial charge on any atom is -0.393 e. The average Bonchev–Trinajstić information content (AvgIpc) is 1.96. The van der Waals surface area contributed by atoms with E-state index in [1.165, 1.54) is 0 Å². The van der Waals surface area contributed by atoms with Crippen LogP contribution in [0.4, 0.5) is 0 Å². The first-order valence-electron chi connectivity index (χ1n) is 5.71. The van der Waals surface area contributed by atoms with Crippen molar-refractivity contribution in [2.45, 2.75) is 58.3 Å². The molecule has 0 bridgehead atoms. The van der Waals surface area contributed by atoms with E-state index in [1.54, 1.807) is 19.9 Å². The largest absolute Gasteiger partial charge is 0.393 e. The standard InChI is InChI=1S/C13H22O3/c1-9(14)5-6-11-12(2,3)7-10(15)8-13(11,4)16/h5,9-10,14-16H,7-8H2,1-4H3/t6?,9?,10-,13+/m0/s1. The summed E-state index contributed by atoms with van der Waals surface area (Å²) >= 11 is 0. The molecule has 3 N–H and O–H groups in total. The second-order valence-corrected chi connectivity index (χ2v) is 5.65. The fraction of sp³-hybridized carbons (Fsp3) is 0.769. The molecule has 0 heterocycles. The molecule has 0 spiro atoms. The Kier molecular flexibility index (Phi) is 3.65. The molecule has 1 saturated carbocycles. The summed E-state index contributed by atoms with van der Waals surface area (Å²) in [5, 5.41) is 29.2. The molecule has 0 amide bonds. The number of hydrogen-bond acceptors (Lipinski definition) is 3. The third-order valence-corrected chi connectivity index (χ3v) is 3.06. The molecular weight excluding hydrogens is 204 g/mol. The highest BCUT2D eigenvalue weighted by Crippen LogP contribution is 2.45. The molecule has 16 heavy (non-hydrogen) atoms.